The fourth-order valence-electron chi connectivity index (χ4n) is 4.06. The third kappa shape index (κ3) is 6.98. The van der Waals surface area contributed by atoms with Crippen LogP contribution in [-0.2, 0) is 32.6 Å². The number of halogens is 1. The number of methoxy groups -OCH3 is 1. The van der Waals surface area contributed by atoms with E-state index in [0.717, 1.165) is 16.0 Å². The average molecular weight is 519 g/mol. The minimum absolute atomic E-state index is 0.0424. The minimum Gasteiger partial charge on any atom is -0.383 e. The SMILES string of the molecule is COCCN(CC(=O)N(Cc1ccc(F)cc1)Cc1cccs1)S(=O)(=O)c1c(C)cc(C)cc1C. The van der Waals surface area contributed by atoms with Gasteiger partial charge in [0.15, 0.2) is 0 Å². The van der Waals surface area contributed by atoms with Crippen molar-refractivity contribution in [3.05, 3.63) is 86.9 Å². The van der Waals surface area contributed by atoms with Crippen molar-refractivity contribution < 1.29 is 22.3 Å². The molecule has 0 radical (unpaired) electrons. The number of rotatable bonds is 11. The van der Waals surface area contributed by atoms with Gasteiger partial charge in [-0.25, -0.2) is 12.8 Å². The lowest BCUT2D eigenvalue weighted by Crippen LogP contribution is -2.44. The maximum atomic E-state index is 13.7. The fraction of sp³-hybridized carbons (Fsp3) is 0.346. The first kappa shape index (κ1) is 27.0. The largest absolute Gasteiger partial charge is 0.383 e. The van der Waals surface area contributed by atoms with Gasteiger partial charge in [-0.05, 0) is 61.0 Å². The Kier molecular flexibility index (Phi) is 9.18. The van der Waals surface area contributed by atoms with E-state index in [4.69, 9.17) is 4.74 Å². The molecule has 1 amide bonds. The second-order valence-corrected chi connectivity index (χ2v) is 11.4. The smallest absolute Gasteiger partial charge is 0.244 e. The Hall–Kier alpha value is -2.59. The number of nitrogens with zero attached hydrogens (tertiary/aromatic N) is 2. The zero-order chi connectivity index (χ0) is 25.6. The number of ether oxygens (including phenoxy) is 1. The zero-order valence-corrected chi connectivity index (χ0v) is 22.1. The average Bonchev–Trinajstić information content (AvgIpc) is 3.29. The van der Waals surface area contributed by atoms with E-state index in [1.54, 1.807) is 30.9 Å². The molecule has 1 heterocycles. The lowest BCUT2D eigenvalue weighted by atomic mass is 10.1. The summed E-state index contributed by atoms with van der Waals surface area (Å²) >= 11 is 1.52. The van der Waals surface area contributed by atoms with Crippen LogP contribution in [0.3, 0.4) is 0 Å². The number of carbonyl (C=O) groups excluding carboxylic acids is 1. The molecule has 0 atom stereocenters. The van der Waals surface area contributed by atoms with Crippen molar-refractivity contribution in [1.82, 2.24) is 9.21 Å². The summed E-state index contributed by atoms with van der Waals surface area (Å²) in [5.74, 6) is -0.699. The van der Waals surface area contributed by atoms with Crippen molar-refractivity contribution in [2.24, 2.45) is 0 Å². The van der Waals surface area contributed by atoms with Gasteiger partial charge in [-0.1, -0.05) is 35.9 Å². The van der Waals surface area contributed by atoms with Gasteiger partial charge in [-0.2, -0.15) is 4.31 Å². The van der Waals surface area contributed by atoms with E-state index in [1.807, 2.05) is 36.6 Å². The third-order valence-corrected chi connectivity index (χ3v) is 8.64. The molecule has 188 valence electrons. The van der Waals surface area contributed by atoms with Gasteiger partial charge in [0.25, 0.3) is 0 Å². The molecule has 0 aliphatic heterocycles. The molecule has 35 heavy (non-hydrogen) atoms. The second kappa shape index (κ2) is 11.9. The number of aryl methyl sites for hydroxylation is 3. The zero-order valence-electron chi connectivity index (χ0n) is 20.5. The number of sulfonamides is 1. The van der Waals surface area contributed by atoms with Gasteiger partial charge in [0.05, 0.1) is 24.6 Å². The molecule has 0 N–H and O–H groups in total. The van der Waals surface area contributed by atoms with Crippen LogP contribution in [0.1, 0.15) is 27.1 Å². The number of hydrogen-bond donors (Lipinski definition) is 0. The molecule has 9 heteroatoms. The van der Waals surface area contributed by atoms with Crippen LogP contribution in [0.25, 0.3) is 0 Å². The minimum atomic E-state index is -3.96. The highest BCUT2D eigenvalue weighted by molar-refractivity contribution is 7.89. The van der Waals surface area contributed by atoms with Crippen LogP contribution in [0, 0.1) is 26.6 Å². The quantitative estimate of drug-likeness (QED) is 0.370. The highest BCUT2D eigenvalue weighted by atomic mass is 32.2. The van der Waals surface area contributed by atoms with Gasteiger partial charge in [0.2, 0.25) is 15.9 Å². The maximum Gasteiger partial charge on any atom is 0.244 e. The summed E-state index contributed by atoms with van der Waals surface area (Å²) in [5.41, 5.74) is 3.01. The summed E-state index contributed by atoms with van der Waals surface area (Å²) in [4.78, 5) is 16.3. The Balaban J connectivity index is 1.91. The van der Waals surface area contributed by atoms with E-state index in [1.165, 1.54) is 34.9 Å². The van der Waals surface area contributed by atoms with E-state index in [9.17, 15) is 17.6 Å². The van der Waals surface area contributed by atoms with Crippen LogP contribution in [-0.4, -0.2) is 50.3 Å². The first-order valence-electron chi connectivity index (χ1n) is 11.2. The summed E-state index contributed by atoms with van der Waals surface area (Å²) in [6.45, 7) is 5.87. The number of hydrogen-bond acceptors (Lipinski definition) is 5. The summed E-state index contributed by atoms with van der Waals surface area (Å²) < 4.78 is 47.2. The predicted octanol–water partition coefficient (Wildman–Crippen LogP) is 4.68. The molecular weight excluding hydrogens is 487 g/mol. The van der Waals surface area contributed by atoms with Crippen LogP contribution in [0.4, 0.5) is 4.39 Å². The van der Waals surface area contributed by atoms with Crippen LogP contribution >= 0.6 is 11.3 Å². The normalized spacial score (nSPS) is 11.7. The highest BCUT2D eigenvalue weighted by Crippen LogP contribution is 2.26. The van der Waals surface area contributed by atoms with Crippen LogP contribution < -0.4 is 0 Å². The lowest BCUT2D eigenvalue weighted by Gasteiger charge is -2.28. The molecule has 0 saturated carbocycles. The highest BCUT2D eigenvalue weighted by Gasteiger charge is 2.31. The topological polar surface area (TPSA) is 66.9 Å². The Morgan fingerprint density at radius 2 is 1.69 bits per heavy atom. The Morgan fingerprint density at radius 1 is 1.03 bits per heavy atom. The van der Waals surface area contributed by atoms with Crippen molar-refractivity contribution in [2.75, 3.05) is 26.8 Å². The molecule has 0 fully saturated rings. The van der Waals surface area contributed by atoms with Crippen molar-refractivity contribution in [2.45, 2.75) is 38.8 Å². The standard InChI is InChI=1S/C26H31FN2O4S2/c1-19-14-20(2)26(21(3)15-19)35(31,32)29(11-12-33-4)18-25(30)28(17-24-6-5-13-34-24)16-22-7-9-23(27)10-8-22/h5-10,13-15H,11-12,16-18H2,1-4H3. The monoisotopic (exact) mass is 518 g/mol. The van der Waals surface area contributed by atoms with E-state index in [0.29, 0.717) is 17.7 Å². The molecule has 3 rings (SSSR count). The number of carbonyl (C=O) groups is 1. The summed E-state index contributed by atoms with van der Waals surface area (Å²) in [6, 6.07) is 13.4. The molecule has 2 aromatic carbocycles. The molecule has 0 spiro atoms. The predicted molar refractivity (Wildman–Crippen MR) is 136 cm³/mol. The molecule has 0 unspecified atom stereocenters. The second-order valence-electron chi connectivity index (χ2n) is 8.51. The Morgan fingerprint density at radius 3 is 2.26 bits per heavy atom. The van der Waals surface area contributed by atoms with Gasteiger partial charge in [-0.15, -0.1) is 11.3 Å². The van der Waals surface area contributed by atoms with Gasteiger partial charge in [0, 0.05) is 25.1 Å². The fourth-order valence-corrected chi connectivity index (χ4v) is 6.57. The number of amides is 1. The molecule has 1 aromatic heterocycles. The van der Waals surface area contributed by atoms with Crippen LogP contribution in [0.15, 0.2) is 58.8 Å². The Bertz CT molecular complexity index is 1220. The van der Waals surface area contributed by atoms with Gasteiger partial charge in [-0.3, -0.25) is 4.79 Å². The van der Waals surface area contributed by atoms with Crippen molar-refractivity contribution in [3.63, 3.8) is 0 Å². The van der Waals surface area contributed by atoms with Crippen molar-refractivity contribution >= 4 is 27.3 Å². The maximum absolute atomic E-state index is 13.7. The molecule has 0 bridgehead atoms. The lowest BCUT2D eigenvalue weighted by molar-refractivity contribution is -0.132. The summed E-state index contributed by atoms with van der Waals surface area (Å²) in [7, 11) is -2.47. The molecular formula is C26H31FN2O4S2. The third-order valence-electron chi connectivity index (χ3n) is 5.63. The molecule has 0 aliphatic carbocycles. The van der Waals surface area contributed by atoms with Crippen molar-refractivity contribution in [3.8, 4) is 0 Å². The summed E-state index contributed by atoms with van der Waals surface area (Å²) in [6.07, 6.45) is 0. The Labute approximate surface area is 211 Å². The van der Waals surface area contributed by atoms with Crippen molar-refractivity contribution in [1.29, 1.82) is 0 Å². The van der Waals surface area contributed by atoms with E-state index in [-0.39, 0.29) is 42.9 Å². The molecule has 3 aromatic rings. The van der Waals surface area contributed by atoms with Gasteiger partial charge >= 0.3 is 0 Å². The van der Waals surface area contributed by atoms with E-state index < -0.39 is 10.0 Å². The van der Waals surface area contributed by atoms with Crippen LogP contribution in [0.2, 0.25) is 0 Å². The van der Waals surface area contributed by atoms with E-state index in [2.05, 4.69) is 0 Å². The first-order valence-corrected chi connectivity index (χ1v) is 13.6. The first-order chi connectivity index (χ1) is 16.6. The number of thiophene rings is 1. The van der Waals surface area contributed by atoms with Gasteiger partial charge in [0.1, 0.15) is 5.82 Å². The number of benzene rings is 2. The molecule has 6 nitrogen and oxygen atoms in total. The van der Waals surface area contributed by atoms with Gasteiger partial charge < -0.3 is 9.64 Å². The van der Waals surface area contributed by atoms with E-state index >= 15 is 0 Å². The molecule has 0 saturated heterocycles. The molecule has 0 aliphatic rings. The van der Waals surface area contributed by atoms with Crippen LogP contribution in [0.5, 0.6) is 0 Å². The summed E-state index contributed by atoms with van der Waals surface area (Å²) in [5, 5.41) is 1.92.